The first-order chi connectivity index (χ1) is 12.2. The van der Waals surface area contributed by atoms with E-state index in [-0.39, 0.29) is 0 Å². The third kappa shape index (κ3) is 3.19. The van der Waals surface area contributed by atoms with E-state index in [4.69, 9.17) is 4.74 Å². The number of aliphatic hydroxyl groups is 1. The smallest absolute Gasteiger partial charge is 0.124 e. The monoisotopic (exact) mass is 337 g/mol. The van der Waals surface area contributed by atoms with Gasteiger partial charge < -0.3 is 9.84 Å². The van der Waals surface area contributed by atoms with E-state index in [2.05, 4.69) is 35.2 Å². The quantitative estimate of drug-likeness (QED) is 0.917. The summed E-state index contributed by atoms with van der Waals surface area (Å²) in [5.74, 6) is 1.37. The van der Waals surface area contributed by atoms with Crippen molar-refractivity contribution >= 4 is 0 Å². The van der Waals surface area contributed by atoms with Gasteiger partial charge in [-0.3, -0.25) is 4.90 Å². The van der Waals surface area contributed by atoms with Gasteiger partial charge >= 0.3 is 0 Å². The minimum atomic E-state index is -0.777. The van der Waals surface area contributed by atoms with Crippen LogP contribution in [0.15, 0.2) is 54.6 Å². The highest BCUT2D eigenvalue weighted by Crippen LogP contribution is 2.50. The highest BCUT2D eigenvalue weighted by Gasteiger charge is 2.49. The Morgan fingerprint density at radius 1 is 1.08 bits per heavy atom. The lowest BCUT2D eigenvalue weighted by Gasteiger charge is -2.37. The Bertz CT molecular complexity index is 717. The summed E-state index contributed by atoms with van der Waals surface area (Å²) in [6.45, 7) is 2.10. The van der Waals surface area contributed by atoms with Gasteiger partial charge in [-0.1, -0.05) is 48.5 Å². The molecule has 0 amide bonds. The van der Waals surface area contributed by atoms with Crippen LogP contribution in [-0.2, 0) is 12.1 Å². The van der Waals surface area contributed by atoms with Crippen LogP contribution >= 0.6 is 0 Å². The Kier molecular flexibility index (Phi) is 4.53. The summed E-state index contributed by atoms with van der Waals surface area (Å²) in [6.07, 6.45) is 4.07. The van der Waals surface area contributed by atoms with Crippen molar-refractivity contribution in [1.82, 2.24) is 4.90 Å². The molecule has 0 spiro atoms. The van der Waals surface area contributed by atoms with E-state index in [0.717, 1.165) is 37.2 Å². The molecular formula is C22H27NO2. The topological polar surface area (TPSA) is 32.7 Å². The van der Waals surface area contributed by atoms with Crippen LogP contribution in [0, 0.1) is 5.92 Å². The lowest BCUT2D eigenvalue weighted by molar-refractivity contribution is 0.0315. The fraction of sp³-hybridized carbons (Fsp3) is 0.455. The number of benzene rings is 2. The maximum Gasteiger partial charge on any atom is 0.124 e. The summed E-state index contributed by atoms with van der Waals surface area (Å²) in [4.78, 5) is 2.58. The molecule has 1 saturated carbocycles. The zero-order valence-corrected chi connectivity index (χ0v) is 14.9. The lowest BCUT2D eigenvalue weighted by Crippen LogP contribution is -2.42. The lowest BCUT2D eigenvalue weighted by atomic mass is 9.89. The summed E-state index contributed by atoms with van der Waals surface area (Å²) in [6, 6.07) is 19.1. The second-order valence-corrected chi connectivity index (χ2v) is 7.57. The van der Waals surface area contributed by atoms with Crippen LogP contribution in [0.5, 0.6) is 5.75 Å². The van der Waals surface area contributed by atoms with Crippen molar-refractivity contribution in [3.8, 4) is 5.75 Å². The minimum Gasteiger partial charge on any atom is -0.496 e. The predicted molar refractivity (Wildman–Crippen MR) is 99.5 cm³/mol. The molecule has 25 heavy (non-hydrogen) atoms. The Morgan fingerprint density at radius 2 is 1.84 bits per heavy atom. The molecule has 1 saturated heterocycles. The summed E-state index contributed by atoms with van der Waals surface area (Å²) < 4.78 is 5.53. The number of rotatable bonds is 4. The molecule has 0 bridgehead atoms. The molecule has 1 aliphatic carbocycles. The van der Waals surface area contributed by atoms with Gasteiger partial charge in [-0.2, -0.15) is 0 Å². The molecule has 2 aromatic carbocycles. The fourth-order valence-corrected chi connectivity index (χ4v) is 4.87. The molecule has 2 fully saturated rings. The van der Waals surface area contributed by atoms with Crippen LogP contribution in [0.25, 0.3) is 0 Å². The molecule has 4 rings (SSSR count). The summed E-state index contributed by atoms with van der Waals surface area (Å²) in [7, 11) is 1.69. The van der Waals surface area contributed by atoms with Crippen LogP contribution in [0.2, 0.25) is 0 Å². The Hall–Kier alpha value is -1.84. The molecule has 132 valence electrons. The maximum atomic E-state index is 11.5. The van der Waals surface area contributed by atoms with E-state index >= 15 is 0 Å². The highest BCUT2D eigenvalue weighted by molar-refractivity contribution is 5.39. The largest absolute Gasteiger partial charge is 0.496 e. The van der Waals surface area contributed by atoms with Crippen molar-refractivity contribution in [2.75, 3.05) is 13.7 Å². The van der Waals surface area contributed by atoms with Crippen LogP contribution in [0.3, 0.4) is 0 Å². The van der Waals surface area contributed by atoms with E-state index in [1.54, 1.807) is 7.11 Å². The van der Waals surface area contributed by atoms with E-state index in [1.165, 1.54) is 18.4 Å². The van der Waals surface area contributed by atoms with E-state index < -0.39 is 5.60 Å². The van der Waals surface area contributed by atoms with Crippen molar-refractivity contribution in [2.45, 2.75) is 43.9 Å². The molecule has 1 heterocycles. The van der Waals surface area contributed by atoms with Gasteiger partial charge in [0.1, 0.15) is 5.75 Å². The third-order valence-electron chi connectivity index (χ3n) is 6.02. The molecule has 0 aromatic heterocycles. The highest BCUT2D eigenvalue weighted by atomic mass is 16.5. The van der Waals surface area contributed by atoms with Gasteiger partial charge in [0.05, 0.1) is 12.7 Å². The second-order valence-electron chi connectivity index (χ2n) is 7.57. The second kappa shape index (κ2) is 6.81. The van der Waals surface area contributed by atoms with Gasteiger partial charge in [0.15, 0.2) is 0 Å². The Balaban J connectivity index is 1.58. The van der Waals surface area contributed by atoms with Crippen LogP contribution in [-0.4, -0.2) is 29.7 Å². The van der Waals surface area contributed by atoms with E-state index in [9.17, 15) is 5.11 Å². The van der Waals surface area contributed by atoms with Crippen LogP contribution < -0.4 is 4.74 Å². The standard InChI is InChI=1S/C22H27NO2/c1-25-21-12-6-5-11-19(21)22(24)14-18-10-7-13-23(20(18)15-22)16-17-8-3-2-4-9-17/h2-6,8-9,11-12,18,20,24H,7,10,13-16H2,1H3. The number of likely N-dealkylation sites (tertiary alicyclic amines) is 1. The molecule has 3 nitrogen and oxygen atoms in total. The summed E-state index contributed by atoms with van der Waals surface area (Å²) in [5, 5.41) is 11.5. The van der Waals surface area contributed by atoms with Gasteiger partial charge in [-0.15, -0.1) is 0 Å². The maximum absolute atomic E-state index is 11.5. The molecule has 2 aromatic rings. The van der Waals surface area contributed by atoms with Crippen molar-refractivity contribution in [3.63, 3.8) is 0 Å². The Morgan fingerprint density at radius 3 is 2.64 bits per heavy atom. The molecule has 3 unspecified atom stereocenters. The normalized spacial score (nSPS) is 29.4. The average Bonchev–Trinajstić information content (AvgIpc) is 3.01. The number of piperidine rings is 1. The first kappa shape index (κ1) is 16.6. The third-order valence-corrected chi connectivity index (χ3v) is 6.02. The van der Waals surface area contributed by atoms with Gasteiger partial charge in [0.2, 0.25) is 0 Å². The molecule has 1 N–H and O–H groups in total. The molecular weight excluding hydrogens is 310 g/mol. The van der Waals surface area contributed by atoms with Gasteiger partial charge in [-0.05, 0) is 49.8 Å². The van der Waals surface area contributed by atoms with Crippen molar-refractivity contribution in [3.05, 3.63) is 65.7 Å². The van der Waals surface area contributed by atoms with Crippen molar-refractivity contribution in [1.29, 1.82) is 0 Å². The van der Waals surface area contributed by atoms with Gasteiger partial charge in [0, 0.05) is 18.2 Å². The summed E-state index contributed by atoms with van der Waals surface area (Å²) in [5.41, 5.74) is 1.53. The zero-order chi connectivity index (χ0) is 17.3. The number of hydrogen-bond acceptors (Lipinski definition) is 3. The van der Waals surface area contributed by atoms with E-state index in [0.29, 0.717) is 12.0 Å². The Labute approximate surface area is 150 Å². The van der Waals surface area contributed by atoms with Crippen molar-refractivity contribution < 1.29 is 9.84 Å². The summed E-state index contributed by atoms with van der Waals surface area (Å²) >= 11 is 0. The van der Waals surface area contributed by atoms with Gasteiger partial charge in [0.25, 0.3) is 0 Å². The number of nitrogens with zero attached hydrogens (tertiary/aromatic N) is 1. The van der Waals surface area contributed by atoms with Crippen LogP contribution in [0.1, 0.15) is 36.8 Å². The average molecular weight is 337 g/mol. The van der Waals surface area contributed by atoms with Gasteiger partial charge in [-0.25, -0.2) is 0 Å². The fourth-order valence-electron chi connectivity index (χ4n) is 4.87. The molecule has 3 atom stereocenters. The minimum absolute atomic E-state index is 0.448. The molecule has 3 heteroatoms. The van der Waals surface area contributed by atoms with Crippen molar-refractivity contribution in [2.24, 2.45) is 5.92 Å². The number of ether oxygens (including phenoxy) is 1. The molecule has 0 radical (unpaired) electrons. The molecule has 1 aliphatic heterocycles. The SMILES string of the molecule is COc1ccccc1C1(O)CC2CCCN(Cc3ccccc3)C2C1. The first-order valence-electron chi connectivity index (χ1n) is 9.33. The molecule has 2 aliphatic rings. The number of hydrogen-bond donors (Lipinski definition) is 1. The number of para-hydroxylation sites is 1. The zero-order valence-electron chi connectivity index (χ0n) is 14.9. The first-order valence-corrected chi connectivity index (χ1v) is 9.33. The number of fused-ring (bicyclic) bond motifs is 1. The predicted octanol–water partition coefficient (Wildman–Crippen LogP) is 3.96. The number of methoxy groups -OCH3 is 1. The van der Waals surface area contributed by atoms with E-state index in [1.807, 2.05) is 24.3 Å². The van der Waals surface area contributed by atoms with Crippen LogP contribution in [0.4, 0.5) is 0 Å².